The maximum atomic E-state index is 8.50. The zero-order valence-electron chi connectivity index (χ0n) is 4.72. The second-order valence-electron chi connectivity index (χ2n) is 1.33. The fraction of sp³-hybridized carbons (Fsp3) is 1.00. The molecule has 0 aromatic carbocycles. The van der Waals surface area contributed by atoms with Gasteiger partial charge in [-0.25, -0.2) is 0 Å². The lowest BCUT2D eigenvalue weighted by Crippen LogP contribution is -2.14. The third-order valence-electron chi connectivity index (χ3n) is 0.460. The minimum Gasteiger partial charge on any atom is -0.438 e. The Labute approximate surface area is 44.8 Å². The molecule has 1 atom stereocenters. The van der Waals surface area contributed by atoms with Crippen LogP contribution in [-0.4, -0.2) is 25.2 Å². The Morgan fingerprint density at radius 1 is 1.86 bits per heavy atom. The van der Waals surface area contributed by atoms with E-state index in [1.807, 2.05) is 6.92 Å². The van der Waals surface area contributed by atoms with Crippen molar-refractivity contribution in [3.8, 4) is 0 Å². The summed E-state index contributed by atoms with van der Waals surface area (Å²) in [5.41, 5.74) is 0. The first kappa shape index (κ1) is 6.98. The van der Waals surface area contributed by atoms with E-state index in [0.29, 0.717) is 6.61 Å². The Morgan fingerprint density at radius 3 is 2.57 bits per heavy atom. The lowest BCUT2D eigenvalue weighted by Gasteiger charge is -1.97. The molecule has 0 saturated carbocycles. The van der Waals surface area contributed by atoms with Crippen LogP contribution in [0.25, 0.3) is 0 Å². The number of aliphatic hydroxyl groups excluding tert-OH is 1. The van der Waals surface area contributed by atoms with Crippen molar-refractivity contribution in [3.05, 3.63) is 0 Å². The standard InChI is InChI=1S/C4H10BO2/c1-3-7-5-4(2)6/h4,6H,3H2,1-2H3. The van der Waals surface area contributed by atoms with E-state index >= 15 is 0 Å². The van der Waals surface area contributed by atoms with Crippen LogP contribution in [0.2, 0.25) is 0 Å². The highest BCUT2D eigenvalue weighted by Gasteiger charge is 1.95. The molecular weight excluding hydrogens is 90.9 g/mol. The molecule has 1 radical (unpaired) electrons. The van der Waals surface area contributed by atoms with Crippen LogP contribution in [0.15, 0.2) is 0 Å². The maximum absolute atomic E-state index is 8.50. The quantitative estimate of drug-likeness (QED) is 0.506. The molecule has 0 aliphatic rings. The van der Waals surface area contributed by atoms with Gasteiger partial charge in [-0.05, 0) is 13.8 Å². The number of hydrogen-bond donors (Lipinski definition) is 1. The van der Waals surface area contributed by atoms with Crippen LogP contribution in [0.3, 0.4) is 0 Å². The Balaban J connectivity index is 2.68. The van der Waals surface area contributed by atoms with Gasteiger partial charge < -0.3 is 9.76 Å². The lowest BCUT2D eigenvalue weighted by atomic mass is 9.93. The summed E-state index contributed by atoms with van der Waals surface area (Å²) in [5.74, 6) is 0. The minimum atomic E-state index is -0.444. The van der Waals surface area contributed by atoms with Crippen molar-refractivity contribution < 1.29 is 9.76 Å². The van der Waals surface area contributed by atoms with Crippen molar-refractivity contribution in [2.75, 3.05) is 6.61 Å². The number of aliphatic hydroxyl groups is 1. The van der Waals surface area contributed by atoms with Gasteiger partial charge >= 0.3 is 7.48 Å². The van der Waals surface area contributed by atoms with E-state index in [4.69, 9.17) is 9.76 Å². The zero-order valence-corrected chi connectivity index (χ0v) is 4.72. The molecule has 0 aromatic heterocycles. The van der Waals surface area contributed by atoms with Crippen molar-refractivity contribution in [1.82, 2.24) is 0 Å². The predicted molar refractivity (Wildman–Crippen MR) is 29.1 cm³/mol. The van der Waals surface area contributed by atoms with Crippen molar-refractivity contribution in [2.24, 2.45) is 0 Å². The monoisotopic (exact) mass is 101 g/mol. The molecule has 0 aliphatic heterocycles. The number of rotatable bonds is 3. The minimum absolute atomic E-state index is 0.444. The molecule has 0 heterocycles. The van der Waals surface area contributed by atoms with Crippen molar-refractivity contribution >= 4 is 7.48 Å². The van der Waals surface area contributed by atoms with Crippen LogP contribution in [0, 0.1) is 0 Å². The van der Waals surface area contributed by atoms with Crippen LogP contribution in [-0.2, 0) is 4.65 Å². The normalized spacial score (nSPS) is 13.6. The summed E-state index contributed by atoms with van der Waals surface area (Å²) in [4.78, 5) is 0. The molecule has 0 fully saturated rings. The van der Waals surface area contributed by atoms with Crippen LogP contribution < -0.4 is 0 Å². The third kappa shape index (κ3) is 5.98. The Hall–Kier alpha value is -0.0151. The van der Waals surface area contributed by atoms with Crippen LogP contribution in [0.5, 0.6) is 0 Å². The van der Waals surface area contributed by atoms with Crippen LogP contribution >= 0.6 is 0 Å². The van der Waals surface area contributed by atoms with E-state index < -0.39 is 6.00 Å². The summed E-state index contributed by atoms with van der Waals surface area (Å²) >= 11 is 0. The predicted octanol–water partition coefficient (Wildman–Crippen LogP) is -0.0196. The molecule has 41 valence electrons. The summed E-state index contributed by atoms with van der Waals surface area (Å²) in [7, 11) is 1.40. The molecule has 0 aromatic rings. The van der Waals surface area contributed by atoms with Crippen molar-refractivity contribution in [3.63, 3.8) is 0 Å². The van der Waals surface area contributed by atoms with Gasteiger partial charge in [0.1, 0.15) is 0 Å². The smallest absolute Gasteiger partial charge is 0.323 e. The first-order chi connectivity index (χ1) is 3.27. The SMILES string of the molecule is CCO[B]C(C)O. The summed E-state index contributed by atoms with van der Waals surface area (Å²) in [5, 5.41) is 8.50. The van der Waals surface area contributed by atoms with Gasteiger partial charge in [0, 0.05) is 6.61 Å². The van der Waals surface area contributed by atoms with Gasteiger partial charge in [0.25, 0.3) is 0 Å². The molecule has 0 rings (SSSR count). The topological polar surface area (TPSA) is 29.5 Å². The van der Waals surface area contributed by atoms with E-state index in [2.05, 4.69) is 0 Å². The fourth-order valence-corrected chi connectivity index (χ4v) is 0.235. The maximum Gasteiger partial charge on any atom is 0.323 e. The summed E-state index contributed by atoms with van der Waals surface area (Å²) in [6.07, 6.45) is 0. The molecule has 0 aliphatic carbocycles. The lowest BCUT2D eigenvalue weighted by molar-refractivity contribution is 0.235. The van der Waals surface area contributed by atoms with E-state index in [-0.39, 0.29) is 0 Å². The summed E-state index contributed by atoms with van der Waals surface area (Å²) < 4.78 is 4.72. The highest BCUT2D eigenvalue weighted by Crippen LogP contribution is 1.75. The second-order valence-corrected chi connectivity index (χ2v) is 1.33. The van der Waals surface area contributed by atoms with Gasteiger partial charge in [0.05, 0.1) is 6.00 Å². The highest BCUT2D eigenvalue weighted by molar-refractivity contribution is 6.28. The molecule has 1 N–H and O–H groups in total. The van der Waals surface area contributed by atoms with Gasteiger partial charge in [-0.1, -0.05) is 0 Å². The molecule has 0 spiro atoms. The molecule has 0 saturated heterocycles. The van der Waals surface area contributed by atoms with Gasteiger partial charge in [-0.2, -0.15) is 0 Å². The molecule has 3 heteroatoms. The molecule has 7 heavy (non-hydrogen) atoms. The second kappa shape index (κ2) is 4.15. The largest absolute Gasteiger partial charge is 0.438 e. The van der Waals surface area contributed by atoms with Crippen LogP contribution in [0.4, 0.5) is 0 Å². The van der Waals surface area contributed by atoms with Crippen molar-refractivity contribution in [2.45, 2.75) is 19.9 Å². The van der Waals surface area contributed by atoms with E-state index in [1.54, 1.807) is 6.92 Å². The van der Waals surface area contributed by atoms with Crippen LogP contribution in [0.1, 0.15) is 13.8 Å². The Morgan fingerprint density at radius 2 is 2.43 bits per heavy atom. The van der Waals surface area contributed by atoms with E-state index in [9.17, 15) is 0 Å². The summed E-state index contributed by atoms with van der Waals surface area (Å²) in [6, 6.07) is -0.444. The summed E-state index contributed by atoms with van der Waals surface area (Å²) in [6.45, 7) is 4.15. The highest BCUT2D eigenvalue weighted by atomic mass is 16.4. The Kier molecular flexibility index (Phi) is 4.14. The molecular formula is C4H10BO2. The van der Waals surface area contributed by atoms with Gasteiger partial charge in [-0.3, -0.25) is 0 Å². The molecule has 0 bridgehead atoms. The first-order valence-corrected chi connectivity index (χ1v) is 2.40. The zero-order chi connectivity index (χ0) is 5.70. The first-order valence-electron chi connectivity index (χ1n) is 2.40. The van der Waals surface area contributed by atoms with Gasteiger partial charge in [-0.15, -0.1) is 0 Å². The van der Waals surface area contributed by atoms with E-state index in [0.717, 1.165) is 0 Å². The average Bonchev–Trinajstić information content (AvgIpc) is 1.61. The number of hydrogen-bond acceptors (Lipinski definition) is 2. The van der Waals surface area contributed by atoms with Gasteiger partial charge in [0.15, 0.2) is 0 Å². The van der Waals surface area contributed by atoms with Crippen molar-refractivity contribution in [1.29, 1.82) is 0 Å². The Bertz CT molecular complexity index is 38.7. The average molecular weight is 101 g/mol. The van der Waals surface area contributed by atoms with Gasteiger partial charge in [0.2, 0.25) is 0 Å². The molecule has 0 amide bonds. The fourth-order valence-electron chi connectivity index (χ4n) is 0.235. The third-order valence-corrected chi connectivity index (χ3v) is 0.460. The van der Waals surface area contributed by atoms with E-state index in [1.165, 1.54) is 7.48 Å². The molecule has 2 nitrogen and oxygen atoms in total. The molecule has 1 unspecified atom stereocenters.